The second-order valence-electron chi connectivity index (χ2n) is 3.46. The highest BCUT2D eigenvalue weighted by Gasteiger charge is 2.22. The lowest BCUT2D eigenvalue weighted by molar-refractivity contribution is -0.385. The van der Waals surface area contributed by atoms with Crippen molar-refractivity contribution in [1.29, 1.82) is 0 Å². The molecule has 0 aromatic carbocycles. The molecule has 0 saturated carbocycles. The second-order valence-corrected chi connectivity index (χ2v) is 4.48. The number of carbonyl (C=O) groups excluding carboxylic acids is 1. The molecule has 7 heteroatoms. The summed E-state index contributed by atoms with van der Waals surface area (Å²) in [5.41, 5.74) is -0.197. The van der Waals surface area contributed by atoms with Crippen LogP contribution in [0.1, 0.15) is 22.4 Å². The number of thiophene rings is 1. The van der Waals surface area contributed by atoms with E-state index in [1.807, 2.05) is 0 Å². The van der Waals surface area contributed by atoms with Crippen LogP contribution in [0.25, 0.3) is 0 Å². The highest BCUT2D eigenvalue weighted by molar-refractivity contribution is 7.16. The Morgan fingerprint density at radius 3 is 2.94 bits per heavy atom. The van der Waals surface area contributed by atoms with Crippen LogP contribution in [0.15, 0.2) is 28.9 Å². The average molecular weight is 267 g/mol. The molecule has 0 spiro atoms. The van der Waals surface area contributed by atoms with Crippen LogP contribution in [0.5, 0.6) is 5.06 Å². The Labute approximate surface area is 106 Å². The molecule has 0 radical (unpaired) electrons. The lowest BCUT2D eigenvalue weighted by Crippen LogP contribution is -1.94. The number of hydrogen-bond donors (Lipinski definition) is 0. The Bertz CT molecular complexity index is 572. The van der Waals surface area contributed by atoms with E-state index >= 15 is 0 Å². The summed E-state index contributed by atoms with van der Waals surface area (Å²) < 4.78 is 10.4. The van der Waals surface area contributed by atoms with Crippen molar-refractivity contribution in [3.63, 3.8) is 0 Å². The van der Waals surface area contributed by atoms with Gasteiger partial charge in [0.25, 0.3) is 5.06 Å². The summed E-state index contributed by atoms with van der Waals surface area (Å²) in [7, 11) is 0. The smallest absolute Gasteiger partial charge is 0.323 e. The molecular weight excluding hydrogens is 258 g/mol. The van der Waals surface area contributed by atoms with Gasteiger partial charge in [0, 0.05) is 6.07 Å². The van der Waals surface area contributed by atoms with E-state index in [2.05, 4.69) is 0 Å². The quantitative estimate of drug-likeness (QED) is 0.472. The summed E-state index contributed by atoms with van der Waals surface area (Å²) in [5.74, 6) is 0.332. The van der Waals surface area contributed by atoms with E-state index in [9.17, 15) is 14.9 Å². The zero-order valence-electron chi connectivity index (χ0n) is 9.41. The number of Topliss-reactive ketones (excluding diaryl/α,β-unsaturated/α-hetero) is 1. The van der Waals surface area contributed by atoms with E-state index in [1.165, 1.54) is 19.3 Å². The van der Waals surface area contributed by atoms with Crippen molar-refractivity contribution in [2.45, 2.75) is 13.5 Å². The van der Waals surface area contributed by atoms with Crippen molar-refractivity contribution in [3.05, 3.63) is 45.2 Å². The highest BCUT2D eigenvalue weighted by Crippen LogP contribution is 2.37. The summed E-state index contributed by atoms with van der Waals surface area (Å²) in [6.07, 6.45) is 1.49. The number of ketones is 1. The van der Waals surface area contributed by atoms with Crippen molar-refractivity contribution < 1.29 is 18.9 Å². The van der Waals surface area contributed by atoms with Gasteiger partial charge in [0.1, 0.15) is 12.4 Å². The van der Waals surface area contributed by atoms with E-state index in [1.54, 1.807) is 12.1 Å². The number of nitro groups is 1. The van der Waals surface area contributed by atoms with Crippen LogP contribution in [0, 0.1) is 10.1 Å². The zero-order valence-corrected chi connectivity index (χ0v) is 10.2. The maximum Gasteiger partial charge on any atom is 0.323 e. The fourth-order valence-corrected chi connectivity index (χ4v) is 2.17. The van der Waals surface area contributed by atoms with Crippen molar-refractivity contribution in [2.24, 2.45) is 0 Å². The first-order chi connectivity index (χ1) is 8.58. The van der Waals surface area contributed by atoms with Gasteiger partial charge in [-0.1, -0.05) is 11.3 Å². The summed E-state index contributed by atoms with van der Waals surface area (Å²) >= 11 is 0.963. The normalized spacial score (nSPS) is 10.3. The average Bonchev–Trinajstić information content (AvgIpc) is 2.95. The second kappa shape index (κ2) is 5.01. The van der Waals surface area contributed by atoms with E-state index in [-0.39, 0.29) is 23.1 Å². The Hall–Kier alpha value is -2.15. The fourth-order valence-electron chi connectivity index (χ4n) is 1.30. The third-order valence-corrected chi connectivity index (χ3v) is 3.29. The molecule has 0 bridgehead atoms. The molecule has 0 saturated heterocycles. The Balaban J connectivity index is 2.20. The van der Waals surface area contributed by atoms with E-state index in [4.69, 9.17) is 9.15 Å². The maximum atomic E-state index is 11.2. The Morgan fingerprint density at radius 1 is 1.61 bits per heavy atom. The number of ether oxygens (including phenoxy) is 1. The minimum Gasteiger partial charge on any atom is -0.471 e. The summed E-state index contributed by atoms with van der Waals surface area (Å²) in [6, 6.07) is 4.62. The van der Waals surface area contributed by atoms with Crippen LogP contribution in [-0.2, 0) is 6.61 Å². The maximum absolute atomic E-state index is 11.2. The Morgan fingerprint density at radius 2 is 2.39 bits per heavy atom. The first kappa shape index (κ1) is 12.3. The van der Waals surface area contributed by atoms with Gasteiger partial charge in [0.2, 0.25) is 0 Å². The summed E-state index contributed by atoms with van der Waals surface area (Å²) in [5, 5.41) is 10.9. The topological polar surface area (TPSA) is 82.6 Å². The van der Waals surface area contributed by atoms with Gasteiger partial charge in [-0.3, -0.25) is 14.9 Å². The lowest BCUT2D eigenvalue weighted by Gasteiger charge is -1.99. The van der Waals surface area contributed by atoms with Crippen LogP contribution in [0.4, 0.5) is 5.69 Å². The summed E-state index contributed by atoms with van der Waals surface area (Å²) in [6.45, 7) is 1.44. The molecule has 0 aliphatic carbocycles. The summed E-state index contributed by atoms with van der Waals surface area (Å²) in [4.78, 5) is 21.7. The fraction of sp³-hybridized carbons (Fsp3) is 0.182. The van der Waals surface area contributed by atoms with E-state index < -0.39 is 4.92 Å². The van der Waals surface area contributed by atoms with Gasteiger partial charge in [-0.25, -0.2) is 0 Å². The molecule has 0 aliphatic heterocycles. The van der Waals surface area contributed by atoms with Crippen LogP contribution < -0.4 is 4.74 Å². The molecule has 18 heavy (non-hydrogen) atoms. The van der Waals surface area contributed by atoms with Crippen LogP contribution in [0.3, 0.4) is 0 Å². The molecule has 2 heterocycles. The third kappa shape index (κ3) is 2.57. The molecule has 2 rings (SSSR count). The molecule has 0 amide bonds. The third-order valence-electron chi connectivity index (χ3n) is 2.15. The molecule has 0 aliphatic rings. The molecule has 0 fully saturated rings. The molecule has 0 atom stereocenters. The molecule has 0 unspecified atom stereocenters. The van der Waals surface area contributed by atoms with Gasteiger partial charge in [-0.15, -0.1) is 0 Å². The van der Waals surface area contributed by atoms with Crippen LogP contribution in [-0.4, -0.2) is 10.7 Å². The first-order valence-electron chi connectivity index (χ1n) is 5.02. The van der Waals surface area contributed by atoms with Crippen LogP contribution in [0.2, 0.25) is 0 Å². The van der Waals surface area contributed by atoms with Crippen molar-refractivity contribution in [2.75, 3.05) is 0 Å². The molecule has 2 aromatic rings. The predicted molar refractivity (Wildman–Crippen MR) is 64.0 cm³/mol. The van der Waals surface area contributed by atoms with Crippen molar-refractivity contribution in [1.82, 2.24) is 0 Å². The lowest BCUT2D eigenvalue weighted by atomic mass is 10.3. The van der Waals surface area contributed by atoms with Crippen molar-refractivity contribution in [3.8, 4) is 5.06 Å². The van der Waals surface area contributed by atoms with Gasteiger partial charge in [0.05, 0.1) is 16.1 Å². The molecule has 94 valence electrons. The predicted octanol–water partition coefficient (Wildman–Crippen LogP) is 3.03. The van der Waals surface area contributed by atoms with Crippen molar-refractivity contribution >= 4 is 22.8 Å². The number of carbonyl (C=O) groups is 1. The highest BCUT2D eigenvalue weighted by atomic mass is 32.1. The monoisotopic (exact) mass is 267 g/mol. The minimum atomic E-state index is -0.569. The first-order valence-corrected chi connectivity index (χ1v) is 5.84. The molecular formula is C11H9NO5S. The van der Waals surface area contributed by atoms with Crippen LogP contribution >= 0.6 is 11.3 Å². The van der Waals surface area contributed by atoms with E-state index in [0.29, 0.717) is 10.6 Å². The van der Waals surface area contributed by atoms with Gasteiger partial charge in [-0.2, -0.15) is 0 Å². The standard InChI is InChI=1S/C11H9NO5S/c1-7(13)10-5-9(12(14)15)11(18-10)17-6-8-3-2-4-16-8/h2-5H,6H2,1H3. The van der Waals surface area contributed by atoms with Gasteiger partial charge < -0.3 is 9.15 Å². The molecule has 2 aromatic heterocycles. The Kier molecular flexibility index (Phi) is 3.42. The largest absolute Gasteiger partial charge is 0.471 e. The molecule has 6 nitrogen and oxygen atoms in total. The number of furan rings is 1. The van der Waals surface area contributed by atoms with Gasteiger partial charge in [-0.05, 0) is 19.1 Å². The molecule has 0 N–H and O–H groups in total. The number of nitrogens with zero attached hydrogens (tertiary/aromatic N) is 1. The zero-order chi connectivity index (χ0) is 13.1. The number of rotatable bonds is 5. The minimum absolute atomic E-state index is 0.0890. The number of hydrogen-bond acceptors (Lipinski definition) is 6. The van der Waals surface area contributed by atoms with Gasteiger partial charge in [0.15, 0.2) is 5.78 Å². The van der Waals surface area contributed by atoms with E-state index in [0.717, 1.165) is 11.3 Å². The van der Waals surface area contributed by atoms with Gasteiger partial charge >= 0.3 is 5.69 Å². The SMILES string of the molecule is CC(=O)c1cc([N+](=O)[O-])c(OCc2ccco2)s1.